The van der Waals surface area contributed by atoms with Crippen LogP contribution in [0.2, 0.25) is 0 Å². The minimum atomic E-state index is -0.670. The maximum atomic E-state index is 9.61. The summed E-state index contributed by atoms with van der Waals surface area (Å²) in [4.78, 5) is 2.18. The molecule has 6 nitrogen and oxygen atoms in total. The number of fused-ring (bicyclic) bond motifs is 1. The third kappa shape index (κ3) is 4.16. The number of hydrogen-bond acceptors (Lipinski definition) is 5. The minimum Gasteiger partial charge on any atom is -0.394 e. The quantitative estimate of drug-likeness (QED) is 0.800. The molecule has 0 fully saturated rings. The summed E-state index contributed by atoms with van der Waals surface area (Å²) < 4.78 is 2.22. The van der Waals surface area contributed by atoms with Crippen LogP contribution in [-0.2, 0) is 25.8 Å². The largest absolute Gasteiger partial charge is 0.394 e. The molecule has 2 heterocycles. The molecule has 23 heavy (non-hydrogen) atoms. The predicted molar refractivity (Wildman–Crippen MR) is 87.1 cm³/mol. The predicted octanol–water partition coefficient (Wildman–Crippen LogP) is 0.275. The van der Waals surface area contributed by atoms with E-state index in [1.807, 2.05) is 6.07 Å². The molecule has 3 rings (SSSR count). The first-order valence-corrected chi connectivity index (χ1v) is 8.22. The van der Waals surface area contributed by atoms with E-state index < -0.39 is 6.10 Å². The summed E-state index contributed by atoms with van der Waals surface area (Å²) in [6.45, 7) is 2.85. The average molecular weight is 316 g/mol. The number of aliphatic hydroxyl groups excluding tert-OH is 2. The van der Waals surface area contributed by atoms with E-state index in [-0.39, 0.29) is 6.61 Å². The first kappa shape index (κ1) is 16.1. The molecule has 2 aromatic rings. The van der Waals surface area contributed by atoms with Gasteiger partial charge in [-0.3, -0.25) is 4.90 Å². The number of β-amino-alcohol motifs (C(OH)–C–C–N with tert-alkyl or cyclic N) is 1. The van der Waals surface area contributed by atoms with Crippen molar-refractivity contribution in [2.24, 2.45) is 0 Å². The molecule has 0 unspecified atom stereocenters. The molecule has 6 heteroatoms. The molecule has 0 spiro atoms. The maximum Gasteiger partial charge on any atom is 0.134 e. The SMILES string of the molecule is OC[C@H](O)CN1CCc2nnc(CCc3ccccc3)n2CC1. The lowest BCUT2D eigenvalue weighted by Crippen LogP contribution is -2.36. The van der Waals surface area contributed by atoms with Gasteiger partial charge in [0, 0.05) is 39.0 Å². The van der Waals surface area contributed by atoms with Gasteiger partial charge < -0.3 is 14.8 Å². The van der Waals surface area contributed by atoms with Gasteiger partial charge in [0.15, 0.2) is 0 Å². The van der Waals surface area contributed by atoms with E-state index in [9.17, 15) is 5.11 Å². The van der Waals surface area contributed by atoms with Crippen molar-refractivity contribution in [1.29, 1.82) is 0 Å². The highest BCUT2D eigenvalue weighted by Crippen LogP contribution is 2.12. The summed E-state index contributed by atoms with van der Waals surface area (Å²) in [5, 5.41) is 27.3. The van der Waals surface area contributed by atoms with E-state index in [0.29, 0.717) is 6.54 Å². The fourth-order valence-electron chi connectivity index (χ4n) is 3.05. The number of aliphatic hydroxyl groups is 2. The van der Waals surface area contributed by atoms with Gasteiger partial charge in [0.25, 0.3) is 0 Å². The standard InChI is InChI=1S/C17H24N4O2/c22-13-15(23)12-20-9-8-17-19-18-16(21(17)11-10-20)7-6-14-4-2-1-3-5-14/h1-5,15,22-23H,6-13H2/t15-/m1/s1. The normalized spacial score (nSPS) is 16.8. The zero-order valence-corrected chi connectivity index (χ0v) is 13.3. The number of hydrogen-bond donors (Lipinski definition) is 2. The fourth-order valence-corrected chi connectivity index (χ4v) is 3.05. The summed E-state index contributed by atoms with van der Waals surface area (Å²) >= 11 is 0. The van der Waals surface area contributed by atoms with Crippen molar-refractivity contribution in [1.82, 2.24) is 19.7 Å². The van der Waals surface area contributed by atoms with Crippen LogP contribution < -0.4 is 0 Å². The molecule has 0 bridgehead atoms. The van der Waals surface area contributed by atoms with E-state index in [4.69, 9.17) is 5.11 Å². The molecule has 1 aliphatic rings. The number of nitrogens with zero attached hydrogens (tertiary/aromatic N) is 4. The van der Waals surface area contributed by atoms with Crippen molar-refractivity contribution in [2.45, 2.75) is 31.9 Å². The lowest BCUT2D eigenvalue weighted by molar-refractivity contribution is 0.0597. The van der Waals surface area contributed by atoms with Gasteiger partial charge in [-0.25, -0.2) is 0 Å². The Kier molecular flexibility index (Phi) is 5.38. The number of rotatable bonds is 6. The van der Waals surface area contributed by atoms with Crippen LogP contribution in [0.5, 0.6) is 0 Å². The summed E-state index contributed by atoms with van der Waals surface area (Å²) in [5.41, 5.74) is 1.31. The third-order valence-corrected chi connectivity index (χ3v) is 4.36. The maximum absolute atomic E-state index is 9.61. The fraction of sp³-hybridized carbons (Fsp3) is 0.529. The number of benzene rings is 1. The molecule has 0 saturated carbocycles. The van der Waals surface area contributed by atoms with Crippen LogP contribution in [-0.4, -0.2) is 62.2 Å². The molecule has 0 aliphatic carbocycles. The van der Waals surface area contributed by atoms with Crippen molar-refractivity contribution < 1.29 is 10.2 Å². The van der Waals surface area contributed by atoms with Crippen LogP contribution in [0.3, 0.4) is 0 Å². The molecular formula is C17H24N4O2. The van der Waals surface area contributed by atoms with Gasteiger partial charge in [-0.15, -0.1) is 10.2 Å². The highest BCUT2D eigenvalue weighted by atomic mass is 16.3. The zero-order chi connectivity index (χ0) is 16.1. The van der Waals surface area contributed by atoms with E-state index in [1.165, 1.54) is 5.56 Å². The minimum absolute atomic E-state index is 0.190. The summed E-state index contributed by atoms with van der Waals surface area (Å²) in [6.07, 6.45) is 2.01. The Hall–Kier alpha value is -1.76. The lowest BCUT2D eigenvalue weighted by atomic mass is 10.1. The summed E-state index contributed by atoms with van der Waals surface area (Å²) in [5.74, 6) is 2.06. The highest BCUT2D eigenvalue weighted by Gasteiger charge is 2.19. The van der Waals surface area contributed by atoms with Crippen LogP contribution in [0.1, 0.15) is 17.2 Å². The molecular weight excluding hydrogens is 292 g/mol. The van der Waals surface area contributed by atoms with Crippen molar-refractivity contribution >= 4 is 0 Å². The molecule has 1 aliphatic heterocycles. The van der Waals surface area contributed by atoms with Crippen LogP contribution in [0.25, 0.3) is 0 Å². The van der Waals surface area contributed by atoms with E-state index >= 15 is 0 Å². The van der Waals surface area contributed by atoms with Gasteiger partial charge in [0.1, 0.15) is 11.6 Å². The topological polar surface area (TPSA) is 74.4 Å². The Morgan fingerprint density at radius 3 is 2.65 bits per heavy atom. The second-order valence-corrected chi connectivity index (χ2v) is 6.06. The molecule has 0 radical (unpaired) electrons. The van der Waals surface area contributed by atoms with E-state index in [1.54, 1.807) is 0 Å². The van der Waals surface area contributed by atoms with Crippen LogP contribution >= 0.6 is 0 Å². The smallest absolute Gasteiger partial charge is 0.134 e. The average Bonchev–Trinajstić information content (AvgIpc) is 2.87. The van der Waals surface area contributed by atoms with E-state index in [2.05, 4.69) is 43.9 Å². The third-order valence-electron chi connectivity index (χ3n) is 4.36. The van der Waals surface area contributed by atoms with E-state index in [0.717, 1.165) is 50.5 Å². The summed E-state index contributed by atoms with van der Waals surface area (Å²) in [7, 11) is 0. The van der Waals surface area contributed by atoms with Crippen molar-refractivity contribution in [3.05, 3.63) is 47.5 Å². The number of aromatic nitrogens is 3. The Bertz CT molecular complexity index is 614. The van der Waals surface area contributed by atoms with Gasteiger partial charge in [0.2, 0.25) is 0 Å². The van der Waals surface area contributed by atoms with Crippen molar-refractivity contribution in [3.63, 3.8) is 0 Å². The van der Waals surface area contributed by atoms with Crippen LogP contribution in [0.4, 0.5) is 0 Å². The first-order valence-electron chi connectivity index (χ1n) is 8.22. The van der Waals surface area contributed by atoms with Gasteiger partial charge in [-0.2, -0.15) is 0 Å². The second kappa shape index (κ2) is 7.68. The van der Waals surface area contributed by atoms with Crippen molar-refractivity contribution in [2.75, 3.05) is 26.2 Å². The molecule has 2 N–H and O–H groups in total. The first-order chi connectivity index (χ1) is 11.3. The van der Waals surface area contributed by atoms with Gasteiger partial charge >= 0.3 is 0 Å². The molecule has 1 aromatic carbocycles. The van der Waals surface area contributed by atoms with Crippen LogP contribution in [0.15, 0.2) is 30.3 Å². The van der Waals surface area contributed by atoms with Crippen LogP contribution in [0, 0.1) is 0 Å². The molecule has 124 valence electrons. The summed E-state index contributed by atoms with van der Waals surface area (Å²) in [6, 6.07) is 10.4. The van der Waals surface area contributed by atoms with Crippen molar-refractivity contribution in [3.8, 4) is 0 Å². The molecule has 0 amide bonds. The Morgan fingerprint density at radius 2 is 1.87 bits per heavy atom. The Balaban J connectivity index is 1.61. The second-order valence-electron chi connectivity index (χ2n) is 6.06. The highest BCUT2D eigenvalue weighted by molar-refractivity contribution is 5.15. The lowest BCUT2D eigenvalue weighted by Gasteiger charge is -2.21. The Morgan fingerprint density at radius 1 is 1.04 bits per heavy atom. The molecule has 0 saturated heterocycles. The number of aryl methyl sites for hydroxylation is 2. The monoisotopic (exact) mass is 316 g/mol. The van der Waals surface area contributed by atoms with Gasteiger partial charge in [-0.1, -0.05) is 30.3 Å². The molecule has 1 aromatic heterocycles. The van der Waals surface area contributed by atoms with Gasteiger partial charge in [0.05, 0.1) is 12.7 Å². The zero-order valence-electron chi connectivity index (χ0n) is 13.3. The van der Waals surface area contributed by atoms with Gasteiger partial charge in [-0.05, 0) is 12.0 Å². The Labute approximate surface area is 136 Å². The molecule has 1 atom stereocenters.